The zero-order valence-corrected chi connectivity index (χ0v) is 18.9. The summed E-state index contributed by atoms with van der Waals surface area (Å²) < 4.78 is 2.21. The molecule has 0 aliphatic heterocycles. The molecule has 0 unspecified atom stereocenters. The summed E-state index contributed by atoms with van der Waals surface area (Å²) in [5.41, 5.74) is 19.0. The molecule has 6 rings (SSSR count). The topological polar surface area (TPSA) is 16.8 Å². The van der Waals surface area contributed by atoms with Crippen molar-refractivity contribution in [3.05, 3.63) is 93.3 Å². The van der Waals surface area contributed by atoms with Crippen LogP contribution < -0.4 is 4.57 Å². The number of benzene rings is 3. The van der Waals surface area contributed by atoms with Crippen LogP contribution >= 0.6 is 0 Å². The van der Waals surface area contributed by atoms with Crippen molar-refractivity contribution in [2.45, 2.75) is 40.5 Å². The van der Waals surface area contributed by atoms with Crippen molar-refractivity contribution in [3.63, 3.8) is 0 Å². The van der Waals surface area contributed by atoms with Crippen molar-refractivity contribution in [2.75, 3.05) is 0 Å². The molecular weight excluding hydrogens is 376 g/mol. The first-order valence-electron chi connectivity index (χ1n) is 11.1. The third-order valence-corrected chi connectivity index (χ3v) is 7.23. The molecule has 2 nitrogen and oxygen atoms in total. The van der Waals surface area contributed by atoms with Crippen LogP contribution in [0.3, 0.4) is 0 Å². The summed E-state index contributed by atoms with van der Waals surface area (Å²) in [5, 5.41) is 0. The van der Waals surface area contributed by atoms with Crippen molar-refractivity contribution < 1.29 is 4.57 Å². The SMILES string of the molecule is Cc1ccc2c(c1)Cc1cc3c(cc1-2)Cc1c-3nc[n+](C)c1-c1cc(C)cc(C)c1C. The van der Waals surface area contributed by atoms with E-state index >= 15 is 0 Å². The van der Waals surface area contributed by atoms with Gasteiger partial charge in [0.25, 0.3) is 6.33 Å². The van der Waals surface area contributed by atoms with Crippen LogP contribution in [0.5, 0.6) is 0 Å². The Hall–Kier alpha value is -3.26. The summed E-state index contributed by atoms with van der Waals surface area (Å²) in [6.45, 7) is 8.83. The number of aromatic nitrogens is 2. The maximum atomic E-state index is 4.91. The molecule has 3 aromatic carbocycles. The molecule has 0 saturated carbocycles. The summed E-state index contributed by atoms with van der Waals surface area (Å²) in [6.07, 6.45) is 3.97. The first-order chi connectivity index (χ1) is 14.9. The average molecular weight is 404 g/mol. The van der Waals surface area contributed by atoms with Crippen LogP contribution in [0, 0.1) is 27.7 Å². The molecule has 4 aromatic rings. The number of aryl methyl sites for hydroxylation is 4. The summed E-state index contributed by atoms with van der Waals surface area (Å²) in [4.78, 5) is 4.91. The maximum Gasteiger partial charge on any atom is 0.287 e. The number of hydrogen-bond acceptors (Lipinski definition) is 1. The van der Waals surface area contributed by atoms with Gasteiger partial charge in [0.05, 0.1) is 12.6 Å². The van der Waals surface area contributed by atoms with E-state index in [1.807, 2.05) is 6.33 Å². The highest BCUT2D eigenvalue weighted by atomic mass is 15.0. The Balaban J connectivity index is 1.54. The van der Waals surface area contributed by atoms with Crippen LogP contribution in [0.2, 0.25) is 0 Å². The lowest BCUT2D eigenvalue weighted by Gasteiger charge is -2.13. The predicted molar refractivity (Wildman–Crippen MR) is 126 cm³/mol. The van der Waals surface area contributed by atoms with E-state index in [2.05, 4.69) is 81.8 Å². The Labute approximate surface area is 184 Å². The summed E-state index contributed by atoms with van der Waals surface area (Å²) in [6, 6.07) is 16.3. The molecule has 0 saturated heterocycles. The molecule has 152 valence electrons. The molecule has 2 heteroatoms. The lowest BCUT2D eigenvalue weighted by Crippen LogP contribution is -2.33. The number of nitrogens with zero attached hydrogens (tertiary/aromatic N) is 2. The minimum atomic E-state index is 0.947. The molecule has 0 spiro atoms. The highest BCUT2D eigenvalue weighted by Crippen LogP contribution is 2.45. The van der Waals surface area contributed by atoms with Crippen molar-refractivity contribution in [1.82, 2.24) is 4.98 Å². The Morgan fingerprint density at radius 2 is 1.45 bits per heavy atom. The van der Waals surface area contributed by atoms with E-state index in [4.69, 9.17) is 4.98 Å². The van der Waals surface area contributed by atoms with Crippen molar-refractivity contribution in [1.29, 1.82) is 0 Å². The Bertz CT molecular complexity index is 1430. The average Bonchev–Trinajstić information content (AvgIpc) is 3.25. The second-order valence-electron chi connectivity index (χ2n) is 9.47. The summed E-state index contributed by atoms with van der Waals surface area (Å²) >= 11 is 0. The van der Waals surface area contributed by atoms with Gasteiger partial charge in [0.1, 0.15) is 5.69 Å². The van der Waals surface area contributed by atoms with Gasteiger partial charge in [-0.2, -0.15) is 0 Å². The molecular formula is C29H27N2+. The minimum absolute atomic E-state index is 0.947. The molecule has 0 atom stereocenters. The van der Waals surface area contributed by atoms with Gasteiger partial charge in [0.2, 0.25) is 0 Å². The van der Waals surface area contributed by atoms with Gasteiger partial charge in [-0.1, -0.05) is 35.4 Å². The van der Waals surface area contributed by atoms with E-state index < -0.39 is 0 Å². The maximum absolute atomic E-state index is 4.91. The van der Waals surface area contributed by atoms with E-state index in [0.29, 0.717) is 0 Å². The molecule has 2 aliphatic rings. The van der Waals surface area contributed by atoms with Crippen LogP contribution in [0.15, 0.2) is 48.8 Å². The Kier molecular flexibility index (Phi) is 3.80. The third-order valence-electron chi connectivity index (χ3n) is 7.23. The molecule has 0 N–H and O–H groups in total. The second-order valence-corrected chi connectivity index (χ2v) is 9.47. The standard InChI is InChI=1S/C29H27N2/c1-16-6-7-23-20(9-16)11-21-13-26-22(12-25(21)23)14-27-28(26)30-15-31(5)29(27)24-10-17(2)8-18(3)19(24)4/h6-10,12-13,15H,11,14H2,1-5H3/q+1. The fourth-order valence-corrected chi connectivity index (χ4v) is 5.62. The van der Waals surface area contributed by atoms with E-state index in [1.165, 1.54) is 72.5 Å². The normalized spacial score (nSPS) is 13.1. The number of hydrogen-bond donors (Lipinski definition) is 0. The van der Waals surface area contributed by atoms with Gasteiger partial charge in [-0.15, -0.1) is 0 Å². The predicted octanol–water partition coefficient (Wildman–Crippen LogP) is 5.95. The van der Waals surface area contributed by atoms with Crippen LogP contribution in [-0.2, 0) is 19.9 Å². The zero-order chi connectivity index (χ0) is 21.4. The molecule has 31 heavy (non-hydrogen) atoms. The van der Waals surface area contributed by atoms with Crippen LogP contribution in [0.1, 0.15) is 44.5 Å². The Morgan fingerprint density at radius 3 is 2.29 bits per heavy atom. The first-order valence-corrected chi connectivity index (χ1v) is 11.1. The van der Waals surface area contributed by atoms with E-state index in [1.54, 1.807) is 0 Å². The van der Waals surface area contributed by atoms with Gasteiger partial charge in [-0.3, -0.25) is 0 Å². The molecule has 2 aliphatic carbocycles. The van der Waals surface area contributed by atoms with Gasteiger partial charge in [0.15, 0.2) is 5.69 Å². The summed E-state index contributed by atoms with van der Waals surface area (Å²) in [7, 11) is 2.13. The number of rotatable bonds is 1. The highest BCUT2D eigenvalue weighted by Gasteiger charge is 2.33. The molecule has 0 fully saturated rings. The van der Waals surface area contributed by atoms with Gasteiger partial charge < -0.3 is 0 Å². The molecule has 0 bridgehead atoms. The highest BCUT2D eigenvalue weighted by molar-refractivity contribution is 5.86. The minimum Gasteiger partial charge on any atom is -0.232 e. The third kappa shape index (κ3) is 2.64. The van der Waals surface area contributed by atoms with Gasteiger partial charge in [0, 0.05) is 17.5 Å². The second kappa shape index (κ2) is 6.37. The van der Waals surface area contributed by atoms with Gasteiger partial charge in [-0.05, 0) is 96.2 Å². The van der Waals surface area contributed by atoms with E-state index in [9.17, 15) is 0 Å². The van der Waals surface area contributed by atoms with Crippen LogP contribution in [-0.4, -0.2) is 4.98 Å². The van der Waals surface area contributed by atoms with Crippen molar-refractivity contribution >= 4 is 0 Å². The van der Waals surface area contributed by atoms with Crippen LogP contribution in [0.25, 0.3) is 33.6 Å². The smallest absolute Gasteiger partial charge is 0.232 e. The number of fused-ring (bicyclic) bond motifs is 6. The lowest BCUT2D eigenvalue weighted by molar-refractivity contribution is -0.663. The molecule has 0 radical (unpaired) electrons. The molecule has 0 amide bonds. The zero-order valence-electron chi connectivity index (χ0n) is 18.9. The lowest BCUT2D eigenvalue weighted by atomic mass is 9.94. The quantitative estimate of drug-likeness (QED) is 0.310. The van der Waals surface area contributed by atoms with Crippen molar-refractivity contribution in [3.8, 4) is 33.6 Å². The molecule has 1 aromatic heterocycles. The summed E-state index contributed by atoms with van der Waals surface area (Å²) in [5.74, 6) is 0. The fraction of sp³-hybridized carbons (Fsp3) is 0.241. The molecule has 1 heterocycles. The van der Waals surface area contributed by atoms with Crippen molar-refractivity contribution in [2.24, 2.45) is 7.05 Å². The largest absolute Gasteiger partial charge is 0.287 e. The van der Waals surface area contributed by atoms with Gasteiger partial charge >= 0.3 is 0 Å². The van der Waals surface area contributed by atoms with E-state index in [0.717, 1.165) is 18.5 Å². The fourth-order valence-electron chi connectivity index (χ4n) is 5.62. The Morgan fingerprint density at radius 1 is 0.710 bits per heavy atom. The van der Waals surface area contributed by atoms with Gasteiger partial charge in [-0.25, -0.2) is 4.57 Å². The van der Waals surface area contributed by atoms with Crippen LogP contribution in [0.4, 0.5) is 0 Å². The van der Waals surface area contributed by atoms with E-state index in [-0.39, 0.29) is 0 Å². The first kappa shape index (κ1) is 18.5. The monoisotopic (exact) mass is 403 g/mol.